The van der Waals surface area contributed by atoms with Crippen LogP contribution in [0.3, 0.4) is 0 Å². The Balaban J connectivity index is 1.99. The lowest BCUT2D eigenvalue weighted by Crippen LogP contribution is -2.28. The van der Waals surface area contributed by atoms with Crippen LogP contribution in [0.4, 0.5) is 0 Å². The van der Waals surface area contributed by atoms with Crippen molar-refractivity contribution in [3.63, 3.8) is 0 Å². The molecule has 1 aliphatic carbocycles. The van der Waals surface area contributed by atoms with Gasteiger partial charge in [-0.3, -0.25) is 4.79 Å². The zero-order chi connectivity index (χ0) is 13.1. The number of hydrogen-bond acceptors (Lipinski definition) is 2. The topological polar surface area (TPSA) is 63.3 Å². The van der Waals surface area contributed by atoms with Crippen LogP contribution < -0.4 is 5.73 Å². The maximum Gasteiger partial charge on any atom is 0.306 e. The highest BCUT2D eigenvalue weighted by atomic mass is 16.4. The minimum Gasteiger partial charge on any atom is -0.481 e. The zero-order valence-electron chi connectivity index (χ0n) is 10.8. The average molecular weight is 247 g/mol. The maximum atomic E-state index is 10.9. The number of rotatable bonds is 3. The van der Waals surface area contributed by atoms with Crippen molar-refractivity contribution in [2.75, 3.05) is 0 Å². The number of carboxylic acid groups (broad SMARTS) is 1. The van der Waals surface area contributed by atoms with E-state index in [0.717, 1.165) is 25.7 Å². The largest absolute Gasteiger partial charge is 0.481 e. The van der Waals surface area contributed by atoms with E-state index in [9.17, 15) is 4.79 Å². The molecule has 1 atom stereocenters. The molecular weight excluding hydrogens is 226 g/mol. The van der Waals surface area contributed by atoms with Gasteiger partial charge in [0.1, 0.15) is 0 Å². The van der Waals surface area contributed by atoms with Crippen LogP contribution in [0.25, 0.3) is 0 Å². The van der Waals surface area contributed by atoms with E-state index in [4.69, 9.17) is 10.8 Å². The summed E-state index contributed by atoms with van der Waals surface area (Å²) >= 11 is 0. The van der Waals surface area contributed by atoms with Crippen molar-refractivity contribution in [3.05, 3.63) is 35.4 Å². The Morgan fingerprint density at radius 1 is 1.33 bits per heavy atom. The van der Waals surface area contributed by atoms with Gasteiger partial charge in [-0.1, -0.05) is 29.8 Å². The van der Waals surface area contributed by atoms with Crippen molar-refractivity contribution < 1.29 is 9.90 Å². The summed E-state index contributed by atoms with van der Waals surface area (Å²) in [5.41, 5.74) is 8.71. The highest BCUT2D eigenvalue weighted by Gasteiger charge is 2.29. The van der Waals surface area contributed by atoms with Gasteiger partial charge in [0, 0.05) is 6.04 Å². The molecule has 3 heteroatoms. The second kappa shape index (κ2) is 5.53. The SMILES string of the molecule is Cc1cccc(C(N)C2CCC(C(=O)O)CC2)c1. The van der Waals surface area contributed by atoms with Gasteiger partial charge in [-0.05, 0) is 44.1 Å². The summed E-state index contributed by atoms with van der Waals surface area (Å²) in [7, 11) is 0. The van der Waals surface area contributed by atoms with Crippen LogP contribution in [0, 0.1) is 18.8 Å². The molecule has 1 fully saturated rings. The van der Waals surface area contributed by atoms with Crippen molar-refractivity contribution in [3.8, 4) is 0 Å². The molecule has 0 radical (unpaired) electrons. The highest BCUT2D eigenvalue weighted by Crippen LogP contribution is 2.35. The number of carboxylic acids is 1. The molecule has 2 rings (SSSR count). The first-order valence-electron chi connectivity index (χ1n) is 6.63. The van der Waals surface area contributed by atoms with E-state index in [-0.39, 0.29) is 12.0 Å². The molecule has 1 aromatic rings. The molecule has 18 heavy (non-hydrogen) atoms. The van der Waals surface area contributed by atoms with Crippen molar-refractivity contribution in [2.45, 2.75) is 38.6 Å². The van der Waals surface area contributed by atoms with E-state index in [1.807, 2.05) is 6.07 Å². The molecule has 3 nitrogen and oxygen atoms in total. The van der Waals surface area contributed by atoms with Crippen molar-refractivity contribution in [2.24, 2.45) is 17.6 Å². The predicted octanol–water partition coefficient (Wildman–Crippen LogP) is 2.89. The molecule has 98 valence electrons. The normalized spacial score (nSPS) is 25.7. The van der Waals surface area contributed by atoms with Crippen LogP contribution in [-0.2, 0) is 4.79 Å². The molecule has 0 amide bonds. The molecule has 0 bridgehead atoms. The fourth-order valence-corrected chi connectivity index (χ4v) is 2.87. The van der Waals surface area contributed by atoms with Gasteiger partial charge in [-0.15, -0.1) is 0 Å². The Kier molecular flexibility index (Phi) is 4.02. The van der Waals surface area contributed by atoms with Crippen LogP contribution in [0.15, 0.2) is 24.3 Å². The summed E-state index contributed by atoms with van der Waals surface area (Å²) in [6.45, 7) is 2.07. The summed E-state index contributed by atoms with van der Waals surface area (Å²) in [5, 5.41) is 8.99. The quantitative estimate of drug-likeness (QED) is 0.863. The van der Waals surface area contributed by atoms with Crippen LogP contribution in [-0.4, -0.2) is 11.1 Å². The van der Waals surface area contributed by atoms with Gasteiger partial charge in [0.15, 0.2) is 0 Å². The fraction of sp³-hybridized carbons (Fsp3) is 0.533. The average Bonchev–Trinajstić information content (AvgIpc) is 2.38. The lowest BCUT2D eigenvalue weighted by molar-refractivity contribution is -0.143. The number of carbonyl (C=O) groups is 1. The molecule has 0 saturated heterocycles. The first-order chi connectivity index (χ1) is 8.58. The number of nitrogens with two attached hydrogens (primary N) is 1. The van der Waals surface area contributed by atoms with Gasteiger partial charge in [0.2, 0.25) is 0 Å². The third-order valence-electron chi connectivity index (χ3n) is 4.06. The lowest BCUT2D eigenvalue weighted by atomic mass is 9.77. The third-order valence-corrected chi connectivity index (χ3v) is 4.06. The standard InChI is InChI=1S/C15H21NO2/c1-10-3-2-4-13(9-10)14(16)11-5-7-12(8-6-11)15(17)18/h2-4,9,11-12,14H,5-8,16H2,1H3,(H,17,18). The second-order valence-electron chi connectivity index (χ2n) is 5.39. The molecule has 3 N–H and O–H groups in total. The van der Waals surface area contributed by atoms with Gasteiger partial charge >= 0.3 is 5.97 Å². The Labute approximate surface area is 108 Å². The van der Waals surface area contributed by atoms with Crippen molar-refractivity contribution >= 4 is 5.97 Å². The van der Waals surface area contributed by atoms with E-state index in [2.05, 4.69) is 25.1 Å². The Morgan fingerprint density at radius 3 is 2.56 bits per heavy atom. The summed E-state index contributed by atoms with van der Waals surface area (Å²) in [6, 6.07) is 8.35. The molecule has 1 aromatic carbocycles. The van der Waals surface area contributed by atoms with Crippen LogP contribution >= 0.6 is 0 Å². The number of hydrogen-bond donors (Lipinski definition) is 2. The van der Waals surface area contributed by atoms with E-state index in [1.165, 1.54) is 11.1 Å². The smallest absolute Gasteiger partial charge is 0.306 e. The van der Waals surface area contributed by atoms with Gasteiger partial charge in [-0.2, -0.15) is 0 Å². The van der Waals surface area contributed by atoms with E-state index < -0.39 is 5.97 Å². The van der Waals surface area contributed by atoms with Crippen LogP contribution in [0.1, 0.15) is 42.9 Å². The molecule has 1 saturated carbocycles. The zero-order valence-corrected chi connectivity index (χ0v) is 10.8. The Morgan fingerprint density at radius 2 is 2.00 bits per heavy atom. The summed E-state index contributed by atoms with van der Waals surface area (Å²) in [5.74, 6) is -0.397. The van der Waals surface area contributed by atoms with E-state index >= 15 is 0 Å². The Bertz CT molecular complexity index is 422. The summed E-state index contributed by atoms with van der Waals surface area (Å²) in [6.07, 6.45) is 3.37. The van der Waals surface area contributed by atoms with Gasteiger partial charge in [-0.25, -0.2) is 0 Å². The highest BCUT2D eigenvalue weighted by molar-refractivity contribution is 5.70. The first kappa shape index (κ1) is 13.1. The van der Waals surface area contributed by atoms with E-state index in [1.54, 1.807) is 0 Å². The molecule has 1 aliphatic rings. The Hall–Kier alpha value is -1.35. The second-order valence-corrected chi connectivity index (χ2v) is 5.39. The number of aryl methyl sites for hydroxylation is 1. The fourth-order valence-electron chi connectivity index (χ4n) is 2.87. The third kappa shape index (κ3) is 2.91. The number of aliphatic carboxylic acids is 1. The van der Waals surface area contributed by atoms with Crippen LogP contribution in [0.5, 0.6) is 0 Å². The molecule has 1 unspecified atom stereocenters. The van der Waals surface area contributed by atoms with Crippen LogP contribution in [0.2, 0.25) is 0 Å². The van der Waals surface area contributed by atoms with E-state index in [0.29, 0.717) is 5.92 Å². The van der Waals surface area contributed by atoms with Gasteiger partial charge in [0.25, 0.3) is 0 Å². The summed E-state index contributed by atoms with van der Waals surface area (Å²) in [4.78, 5) is 10.9. The molecule has 0 heterocycles. The molecular formula is C15H21NO2. The maximum absolute atomic E-state index is 10.9. The molecule has 0 spiro atoms. The van der Waals surface area contributed by atoms with Crippen molar-refractivity contribution in [1.29, 1.82) is 0 Å². The minimum atomic E-state index is -0.655. The van der Waals surface area contributed by atoms with Gasteiger partial charge in [0.05, 0.1) is 5.92 Å². The van der Waals surface area contributed by atoms with Crippen molar-refractivity contribution in [1.82, 2.24) is 0 Å². The first-order valence-corrected chi connectivity index (χ1v) is 6.63. The molecule has 0 aliphatic heterocycles. The molecule has 0 aromatic heterocycles. The minimum absolute atomic E-state index is 0.0413. The number of benzene rings is 1. The summed E-state index contributed by atoms with van der Waals surface area (Å²) < 4.78 is 0. The lowest BCUT2D eigenvalue weighted by Gasteiger charge is -2.30. The predicted molar refractivity (Wildman–Crippen MR) is 71.2 cm³/mol. The monoisotopic (exact) mass is 247 g/mol. The van der Waals surface area contributed by atoms with Gasteiger partial charge < -0.3 is 10.8 Å².